The molecule has 0 saturated carbocycles. The van der Waals surface area contributed by atoms with Crippen molar-refractivity contribution in [2.75, 3.05) is 40.3 Å². The van der Waals surface area contributed by atoms with Crippen LogP contribution in [0.25, 0.3) is 0 Å². The molecule has 0 bridgehead atoms. The number of nitrogens with zero attached hydrogens (tertiary/aromatic N) is 2. The summed E-state index contributed by atoms with van der Waals surface area (Å²) in [5.41, 5.74) is 1.05. The highest BCUT2D eigenvalue weighted by Gasteiger charge is 2.17. The summed E-state index contributed by atoms with van der Waals surface area (Å²) in [5, 5.41) is 7.32. The zero-order chi connectivity index (χ0) is 15.1. The van der Waals surface area contributed by atoms with Crippen molar-refractivity contribution in [2.45, 2.75) is 12.6 Å². The number of morpholine rings is 1. The molecule has 1 aromatic carbocycles. The summed E-state index contributed by atoms with van der Waals surface area (Å²) in [4.78, 5) is 6.49. The van der Waals surface area contributed by atoms with Crippen molar-refractivity contribution in [2.24, 2.45) is 4.99 Å². The molecule has 1 atom stereocenters. The molecule has 1 saturated heterocycles. The number of rotatable bonds is 4. The summed E-state index contributed by atoms with van der Waals surface area (Å²) >= 11 is 6.14. The van der Waals surface area contributed by atoms with Gasteiger partial charge in [-0.3, -0.25) is 4.99 Å². The van der Waals surface area contributed by atoms with E-state index in [1.54, 1.807) is 7.05 Å². The quantitative estimate of drug-likeness (QED) is 0.429. The Kier molecular flexibility index (Phi) is 9.08. The molecular weight excluding hydrogens is 415 g/mol. The van der Waals surface area contributed by atoms with Gasteiger partial charge in [0.25, 0.3) is 0 Å². The van der Waals surface area contributed by atoms with Crippen molar-refractivity contribution < 1.29 is 4.74 Å². The summed E-state index contributed by atoms with van der Waals surface area (Å²) in [7, 11) is 3.87. The molecule has 7 heteroatoms. The van der Waals surface area contributed by atoms with Gasteiger partial charge < -0.3 is 20.3 Å². The fraction of sp³-hybridized carbons (Fsp3) is 0.533. The number of guanidine groups is 1. The number of likely N-dealkylation sites (N-methyl/N-ethyl adjacent to an activating group) is 1. The monoisotopic (exact) mass is 438 g/mol. The first-order valence-electron chi connectivity index (χ1n) is 7.17. The van der Waals surface area contributed by atoms with E-state index >= 15 is 0 Å². The highest BCUT2D eigenvalue weighted by molar-refractivity contribution is 14.0. The van der Waals surface area contributed by atoms with Crippen LogP contribution in [-0.2, 0) is 11.3 Å². The number of hydrogen-bond donors (Lipinski definition) is 2. The lowest BCUT2D eigenvalue weighted by Crippen LogP contribution is -2.48. The molecule has 0 amide bonds. The SMILES string of the molecule is CN=C(NCc1ccccc1Cl)NCC1CN(C)CCO1.I. The lowest BCUT2D eigenvalue weighted by Gasteiger charge is -2.30. The highest BCUT2D eigenvalue weighted by atomic mass is 127. The van der Waals surface area contributed by atoms with Gasteiger partial charge in [-0.25, -0.2) is 0 Å². The fourth-order valence-corrected chi connectivity index (χ4v) is 2.44. The molecule has 5 nitrogen and oxygen atoms in total. The molecule has 0 radical (unpaired) electrons. The summed E-state index contributed by atoms with van der Waals surface area (Å²) in [6.07, 6.45) is 0.197. The Bertz CT molecular complexity index is 486. The Morgan fingerprint density at radius 1 is 1.41 bits per heavy atom. The Morgan fingerprint density at radius 3 is 2.86 bits per heavy atom. The van der Waals surface area contributed by atoms with E-state index in [4.69, 9.17) is 16.3 Å². The van der Waals surface area contributed by atoms with Gasteiger partial charge in [0.05, 0.1) is 12.7 Å². The van der Waals surface area contributed by atoms with Crippen LogP contribution < -0.4 is 10.6 Å². The predicted molar refractivity (Wildman–Crippen MR) is 102 cm³/mol. The Hall–Kier alpha value is -0.570. The Labute approximate surface area is 154 Å². The van der Waals surface area contributed by atoms with Gasteiger partial charge in [-0.2, -0.15) is 0 Å². The maximum Gasteiger partial charge on any atom is 0.191 e. The lowest BCUT2D eigenvalue weighted by molar-refractivity contribution is -0.0161. The first kappa shape index (κ1) is 19.5. The topological polar surface area (TPSA) is 48.9 Å². The van der Waals surface area contributed by atoms with Crippen molar-refractivity contribution in [1.82, 2.24) is 15.5 Å². The first-order chi connectivity index (χ1) is 10.2. The van der Waals surface area contributed by atoms with Gasteiger partial charge in [0, 0.05) is 38.2 Å². The van der Waals surface area contributed by atoms with E-state index in [1.807, 2.05) is 24.3 Å². The largest absolute Gasteiger partial charge is 0.374 e. The summed E-state index contributed by atoms with van der Waals surface area (Å²) in [6.45, 7) is 4.11. The minimum absolute atomic E-state index is 0. The van der Waals surface area contributed by atoms with E-state index in [-0.39, 0.29) is 30.1 Å². The van der Waals surface area contributed by atoms with Gasteiger partial charge in [-0.05, 0) is 18.7 Å². The normalized spacial score (nSPS) is 19.4. The molecule has 1 aliphatic heterocycles. The van der Waals surface area contributed by atoms with E-state index in [0.29, 0.717) is 6.54 Å². The second kappa shape index (κ2) is 10.3. The minimum atomic E-state index is 0. The number of ether oxygens (including phenoxy) is 1. The molecule has 1 heterocycles. The number of hydrogen-bond acceptors (Lipinski definition) is 3. The van der Waals surface area contributed by atoms with Crippen molar-refractivity contribution >= 4 is 41.5 Å². The third-order valence-electron chi connectivity index (χ3n) is 3.47. The first-order valence-corrected chi connectivity index (χ1v) is 7.55. The van der Waals surface area contributed by atoms with E-state index < -0.39 is 0 Å². The molecule has 0 aromatic heterocycles. The van der Waals surface area contributed by atoms with Gasteiger partial charge in [0.15, 0.2) is 5.96 Å². The van der Waals surface area contributed by atoms with Gasteiger partial charge in [-0.1, -0.05) is 29.8 Å². The van der Waals surface area contributed by atoms with Crippen LogP contribution in [0, 0.1) is 0 Å². The summed E-state index contributed by atoms with van der Waals surface area (Å²) in [5.74, 6) is 0.756. The second-order valence-corrected chi connectivity index (χ2v) is 5.56. The van der Waals surface area contributed by atoms with Crippen LogP contribution >= 0.6 is 35.6 Å². The van der Waals surface area contributed by atoms with Gasteiger partial charge in [0.2, 0.25) is 0 Å². The molecule has 1 aliphatic rings. The molecule has 1 unspecified atom stereocenters. The third kappa shape index (κ3) is 6.28. The van der Waals surface area contributed by atoms with Gasteiger partial charge >= 0.3 is 0 Å². The van der Waals surface area contributed by atoms with Crippen LogP contribution in [0.15, 0.2) is 29.3 Å². The smallest absolute Gasteiger partial charge is 0.191 e. The van der Waals surface area contributed by atoms with Crippen LogP contribution in [0.2, 0.25) is 5.02 Å². The summed E-state index contributed by atoms with van der Waals surface area (Å²) in [6, 6.07) is 7.79. The number of aliphatic imine (C=N–C) groups is 1. The van der Waals surface area contributed by atoms with Crippen molar-refractivity contribution in [3.05, 3.63) is 34.9 Å². The van der Waals surface area contributed by atoms with Gasteiger partial charge in [-0.15, -0.1) is 24.0 Å². The average molecular weight is 439 g/mol. The predicted octanol–water partition coefficient (Wildman–Crippen LogP) is 1.95. The van der Waals surface area contributed by atoms with Gasteiger partial charge in [0.1, 0.15) is 0 Å². The molecule has 2 N–H and O–H groups in total. The van der Waals surface area contributed by atoms with Crippen LogP contribution in [-0.4, -0.2) is 57.3 Å². The number of nitrogens with one attached hydrogen (secondary N) is 2. The molecule has 2 rings (SSSR count). The van der Waals surface area contributed by atoms with Crippen molar-refractivity contribution in [3.63, 3.8) is 0 Å². The summed E-state index contributed by atoms with van der Waals surface area (Å²) < 4.78 is 5.72. The van der Waals surface area contributed by atoms with Crippen LogP contribution in [0.1, 0.15) is 5.56 Å². The standard InChI is InChI=1S/C15H23ClN4O.HI/c1-17-15(18-9-12-5-3-4-6-14(12)16)19-10-13-11-20(2)7-8-21-13;/h3-6,13H,7-11H2,1-2H3,(H2,17,18,19);1H. The highest BCUT2D eigenvalue weighted by Crippen LogP contribution is 2.14. The van der Waals surface area contributed by atoms with Crippen molar-refractivity contribution in [3.8, 4) is 0 Å². The molecule has 0 aliphatic carbocycles. The fourth-order valence-electron chi connectivity index (χ4n) is 2.24. The molecular formula is C15H24ClIN4O. The van der Waals surface area contributed by atoms with E-state index in [1.165, 1.54) is 0 Å². The third-order valence-corrected chi connectivity index (χ3v) is 3.84. The Morgan fingerprint density at radius 2 is 2.18 bits per heavy atom. The van der Waals surface area contributed by atoms with E-state index in [9.17, 15) is 0 Å². The number of benzene rings is 1. The van der Waals surface area contributed by atoms with E-state index in [0.717, 1.165) is 42.8 Å². The van der Waals surface area contributed by atoms with E-state index in [2.05, 4.69) is 27.6 Å². The average Bonchev–Trinajstić information content (AvgIpc) is 2.49. The zero-order valence-corrected chi connectivity index (χ0v) is 16.1. The zero-order valence-electron chi connectivity index (χ0n) is 13.0. The minimum Gasteiger partial charge on any atom is -0.374 e. The van der Waals surface area contributed by atoms with Crippen molar-refractivity contribution in [1.29, 1.82) is 0 Å². The maximum absolute atomic E-state index is 6.14. The van der Waals surface area contributed by atoms with Crippen LogP contribution in [0.3, 0.4) is 0 Å². The maximum atomic E-state index is 6.14. The Balaban J connectivity index is 0.00000242. The lowest BCUT2D eigenvalue weighted by atomic mass is 10.2. The molecule has 1 fully saturated rings. The molecule has 124 valence electrons. The molecule has 22 heavy (non-hydrogen) atoms. The number of halogens is 2. The van der Waals surface area contributed by atoms with Crippen LogP contribution in [0.5, 0.6) is 0 Å². The second-order valence-electron chi connectivity index (χ2n) is 5.15. The molecule has 0 spiro atoms. The molecule has 1 aromatic rings. The van der Waals surface area contributed by atoms with Crippen LogP contribution in [0.4, 0.5) is 0 Å².